The van der Waals surface area contributed by atoms with E-state index in [4.69, 9.17) is 9.47 Å². The van der Waals surface area contributed by atoms with E-state index in [2.05, 4.69) is 10.2 Å². The second-order valence-electron chi connectivity index (χ2n) is 6.19. The van der Waals surface area contributed by atoms with Crippen LogP contribution in [0.15, 0.2) is 48.5 Å². The van der Waals surface area contributed by atoms with E-state index in [1.807, 2.05) is 12.1 Å². The van der Waals surface area contributed by atoms with Gasteiger partial charge in [-0.05, 0) is 29.8 Å². The fourth-order valence-corrected chi connectivity index (χ4v) is 2.73. The smallest absolute Gasteiger partial charge is 0.338 e. The summed E-state index contributed by atoms with van der Waals surface area (Å²) in [5.74, 6) is -1.75. The molecule has 2 aromatic rings. The Morgan fingerprint density at radius 1 is 1.07 bits per heavy atom. The average molecular weight is 372 g/mol. The summed E-state index contributed by atoms with van der Waals surface area (Å²) in [6, 6.07) is 12.9. The Labute approximate surface area is 156 Å². The summed E-state index contributed by atoms with van der Waals surface area (Å²) in [5, 5.41) is 2.36. The van der Waals surface area contributed by atoms with Crippen molar-refractivity contribution in [3.8, 4) is 0 Å². The van der Waals surface area contributed by atoms with Gasteiger partial charge in [0.1, 0.15) is 5.82 Å². The van der Waals surface area contributed by atoms with Crippen molar-refractivity contribution < 1.29 is 23.5 Å². The molecule has 1 amide bonds. The normalized spacial score (nSPS) is 14.6. The van der Waals surface area contributed by atoms with E-state index in [0.29, 0.717) is 5.56 Å². The van der Waals surface area contributed by atoms with Gasteiger partial charge in [-0.2, -0.15) is 0 Å². The van der Waals surface area contributed by atoms with Gasteiger partial charge in [-0.25, -0.2) is 9.18 Å². The predicted octanol–water partition coefficient (Wildman–Crippen LogP) is 2.45. The lowest BCUT2D eigenvalue weighted by Crippen LogP contribution is -2.35. The monoisotopic (exact) mass is 372 g/mol. The number of halogens is 1. The van der Waals surface area contributed by atoms with E-state index in [-0.39, 0.29) is 5.69 Å². The minimum Gasteiger partial charge on any atom is -0.452 e. The molecule has 1 aliphatic rings. The van der Waals surface area contributed by atoms with Gasteiger partial charge >= 0.3 is 5.97 Å². The predicted molar refractivity (Wildman–Crippen MR) is 97.9 cm³/mol. The molecule has 0 atom stereocenters. The summed E-state index contributed by atoms with van der Waals surface area (Å²) < 4.78 is 23.8. The van der Waals surface area contributed by atoms with Crippen molar-refractivity contribution in [1.29, 1.82) is 0 Å². The van der Waals surface area contributed by atoms with E-state index < -0.39 is 24.3 Å². The number of carbonyl (C=O) groups is 2. The van der Waals surface area contributed by atoms with Crippen LogP contribution in [-0.4, -0.2) is 49.7 Å². The number of esters is 1. The summed E-state index contributed by atoms with van der Waals surface area (Å²) in [5.41, 5.74) is 1.50. The fourth-order valence-electron chi connectivity index (χ4n) is 2.73. The number of hydrogen-bond acceptors (Lipinski definition) is 5. The highest BCUT2D eigenvalue weighted by molar-refractivity contribution is 5.95. The molecule has 0 radical (unpaired) electrons. The zero-order valence-electron chi connectivity index (χ0n) is 14.8. The number of amides is 1. The van der Waals surface area contributed by atoms with E-state index >= 15 is 0 Å². The zero-order valence-corrected chi connectivity index (χ0v) is 14.8. The first-order chi connectivity index (χ1) is 13.1. The molecule has 3 rings (SSSR count). The van der Waals surface area contributed by atoms with Crippen molar-refractivity contribution in [3.63, 3.8) is 0 Å². The second kappa shape index (κ2) is 9.25. The lowest BCUT2D eigenvalue weighted by atomic mass is 10.1. The van der Waals surface area contributed by atoms with Crippen molar-refractivity contribution in [2.45, 2.75) is 6.54 Å². The number of benzene rings is 2. The van der Waals surface area contributed by atoms with E-state index in [0.717, 1.165) is 38.4 Å². The first-order valence-corrected chi connectivity index (χ1v) is 8.72. The van der Waals surface area contributed by atoms with Crippen LogP contribution in [-0.2, 0) is 20.8 Å². The third-order valence-corrected chi connectivity index (χ3v) is 4.18. The highest BCUT2D eigenvalue weighted by Gasteiger charge is 2.13. The Kier molecular flexibility index (Phi) is 6.51. The molecule has 1 N–H and O–H groups in total. The molecular formula is C20H21FN2O4. The van der Waals surface area contributed by atoms with Gasteiger partial charge in [-0.1, -0.05) is 24.3 Å². The van der Waals surface area contributed by atoms with Crippen molar-refractivity contribution in [2.24, 2.45) is 0 Å². The van der Waals surface area contributed by atoms with Gasteiger partial charge in [-0.15, -0.1) is 0 Å². The summed E-state index contributed by atoms with van der Waals surface area (Å²) in [7, 11) is 0. The van der Waals surface area contributed by atoms with E-state index in [9.17, 15) is 14.0 Å². The van der Waals surface area contributed by atoms with Gasteiger partial charge in [0, 0.05) is 19.6 Å². The molecule has 142 valence electrons. The molecule has 2 aromatic carbocycles. The first-order valence-electron chi connectivity index (χ1n) is 8.72. The lowest BCUT2D eigenvalue weighted by molar-refractivity contribution is -0.119. The van der Waals surface area contributed by atoms with Crippen LogP contribution in [0.1, 0.15) is 15.9 Å². The van der Waals surface area contributed by atoms with Crippen LogP contribution in [0.2, 0.25) is 0 Å². The van der Waals surface area contributed by atoms with E-state index in [1.54, 1.807) is 18.2 Å². The van der Waals surface area contributed by atoms with Crippen LogP contribution in [0, 0.1) is 5.82 Å². The maximum Gasteiger partial charge on any atom is 0.338 e. The number of hydrogen-bond donors (Lipinski definition) is 1. The largest absolute Gasteiger partial charge is 0.452 e. The highest BCUT2D eigenvalue weighted by Crippen LogP contribution is 2.13. The van der Waals surface area contributed by atoms with Gasteiger partial charge in [0.05, 0.1) is 24.5 Å². The Morgan fingerprint density at radius 3 is 2.48 bits per heavy atom. The standard InChI is InChI=1S/C20H21FN2O4/c21-17-3-1-2-4-18(17)22-19(24)14-27-20(25)16-7-5-15(6-8-16)13-23-9-11-26-12-10-23/h1-8H,9-14H2,(H,22,24). The third-order valence-electron chi connectivity index (χ3n) is 4.18. The van der Waals surface area contributed by atoms with Crippen molar-refractivity contribution in [1.82, 2.24) is 4.90 Å². The molecule has 1 heterocycles. The van der Waals surface area contributed by atoms with Crippen LogP contribution in [0.25, 0.3) is 0 Å². The molecule has 0 unspecified atom stereocenters. The zero-order chi connectivity index (χ0) is 19.1. The SMILES string of the molecule is O=C(COC(=O)c1ccc(CN2CCOCC2)cc1)Nc1ccccc1F. The molecule has 1 saturated heterocycles. The number of para-hydroxylation sites is 1. The second-order valence-corrected chi connectivity index (χ2v) is 6.19. The topological polar surface area (TPSA) is 67.9 Å². The van der Waals surface area contributed by atoms with Crippen LogP contribution < -0.4 is 5.32 Å². The molecule has 0 aliphatic carbocycles. The Morgan fingerprint density at radius 2 is 1.78 bits per heavy atom. The number of anilines is 1. The molecule has 0 bridgehead atoms. The van der Waals surface area contributed by atoms with Crippen LogP contribution in [0.3, 0.4) is 0 Å². The van der Waals surface area contributed by atoms with Crippen LogP contribution in [0.5, 0.6) is 0 Å². The van der Waals surface area contributed by atoms with Gasteiger partial charge in [0.2, 0.25) is 0 Å². The number of rotatable bonds is 6. The van der Waals surface area contributed by atoms with Crippen molar-refractivity contribution in [2.75, 3.05) is 38.2 Å². The van der Waals surface area contributed by atoms with E-state index in [1.165, 1.54) is 18.2 Å². The number of carbonyl (C=O) groups excluding carboxylic acids is 2. The minimum absolute atomic E-state index is 0.0472. The first kappa shape index (κ1) is 19.0. The Hall–Kier alpha value is -2.77. The molecule has 27 heavy (non-hydrogen) atoms. The average Bonchev–Trinajstić information content (AvgIpc) is 2.69. The van der Waals surface area contributed by atoms with Gasteiger partial charge in [0.25, 0.3) is 5.91 Å². The molecule has 0 spiro atoms. The molecule has 7 heteroatoms. The fraction of sp³-hybridized carbons (Fsp3) is 0.300. The minimum atomic E-state index is -0.600. The Balaban J connectivity index is 1.47. The third kappa shape index (κ3) is 5.60. The maximum atomic E-state index is 13.5. The van der Waals surface area contributed by atoms with Crippen molar-refractivity contribution in [3.05, 3.63) is 65.5 Å². The summed E-state index contributed by atoms with van der Waals surface area (Å²) in [6.45, 7) is 3.56. The lowest BCUT2D eigenvalue weighted by Gasteiger charge is -2.26. The summed E-state index contributed by atoms with van der Waals surface area (Å²) in [4.78, 5) is 26.2. The summed E-state index contributed by atoms with van der Waals surface area (Å²) in [6.07, 6.45) is 0. The van der Waals surface area contributed by atoms with Gasteiger partial charge < -0.3 is 14.8 Å². The quantitative estimate of drug-likeness (QED) is 0.789. The number of nitrogens with zero attached hydrogens (tertiary/aromatic N) is 1. The Bertz CT molecular complexity index is 789. The maximum absolute atomic E-state index is 13.5. The molecular weight excluding hydrogens is 351 g/mol. The van der Waals surface area contributed by atoms with Crippen LogP contribution in [0.4, 0.5) is 10.1 Å². The number of ether oxygens (including phenoxy) is 2. The molecule has 6 nitrogen and oxygen atoms in total. The van der Waals surface area contributed by atoms with Gasteiger partial charge in [0.15, 0.2) is 6.61 Å². The summed E-state index contributed by atoms with van der Waals surface area (Å²) >= 11 is 0. The van der Waals surface area contributed by atoms with Crippen LogP contribution >= 0.6 is 0 Å². The number of nitrogens with one attached hydrogen (secondary N) is 1. The highest BCUT2D eigenvalue weighted by atomic mass is 19.1. The molecule has 1 fully saturated rings. The van der Waals surface area contributed by atoms with Crippen molar-refractivity contribution >= 4 is 17.6 Å². The number of morpholine rings is 1. The van der Waals surface area contributed by atoms with Gasteiger partial charge in [-0.3, -0.25) is 9.69 Å². The molecule has 0 aromatic heterocycles. The molecule has 1 aliphatic heterocycles. The molecule has 0 saturated carbocycles.